The summed E-state index contributed by atoms with van der Waals surface area (Å²) in [5, 5.41) is 14.8. The molecular formula is C25H26N4O7. The molecule has 2 atom stereocenters. The van der Waals surface area contributed by atoms with Crippen LogP contribution in [0.15, 0.2) is 54.6 Å². The van der Waals surface area contributed by atoms with E-state index in [1.807, 2.05) is 25.1 Å². The molecule has 0 aliphatic carbocycles. The first-order valence-corrected chi connectivity index (χ1v) is 11.0. The Morgan fingerprint density at radius 3 is 2.36 bits per heavy atom. The van der Waals surface area contributed by atoms with Crippen LogP contribution in [0.5, 0.6) is 17.8 Å². The number of para-hydroxylation sites is 1. The molecule has 0 fully saturated rings. The van der Waals surface area contributed by atoms with Crippen LogP contribution in [0.3, 0.4) is 0 Å². The molecule has 2 heterocycles. The number of fused-ring (bicyclic) bond motifs is 1. The molecule has 3 aromatic rings. The Morgan fingerprint density at radius 2 is 1.75 bits per heavy atom. The number of benzene rings is 2. The third-order valence-electron chi connectivity index (χ3n) is 5.87. The van der Waals surface area contributed by atoms with Crippen molar-refractivity contribution in [3.05, 3.63) is 71.3 Å². The van der Waals surface area contributed by atoms with E-state index in [4.69, 9.17) is 19.0 Å². The van der Waals surface area contributed by atoms with Crippen molar-refractivity contribution in [3.8, 4) is 17.8 Å². The van der Waals surface area contributed by atoms with Gasteiger partial charge in [0.2, 0.25) is 17.9 Å². The molecule has 0 spiro atoms. The van der Waals surface area contributed by atoms with Gasteiger partial charge in [-0.2, -0.15) is 15.0 Å². The summed E-state index contributed by atoms with van der Waals surface area (Å²) >= 11 is 0. The number of aromatic nitrogens is 2. The number of aryl methyl sites for hydroxylation is 1. The van der Waals surface area contributed by atoms with E-state index in [2.05, 4.69) is 15.3 Å². The van der Waals surface area contributed by atoms with E-state index >= 15 is 0 Å². The van der Waals surface area contributed by atoms with Gasteiger partial charge in [-0.05, 0) is 18.6 Å². The molecule has 1 aliphatic rings. The molecule has 2 aromatic carbocycles. The van der Waals surface area contributed by atoms with Gasteiger partial charge in [0, 0.05) is 5.56 Å². The zero-order valence-electron chi connectivity index (χ0n) is 20.2. The molecule has 0 saturated heterocycles. The molecule has 1 amide bonds. The molecule has 4 rings (SSSR count). The van der Waals surface area contributed by atoms with Crippen LogP contribution in [-0.4, -0.2) is 60.9 Å². The molecule has 1 aromatic heterocycles. The molecule has 0 saturated carbocycles. The van der Waals surface area contributed by atoms with Gasteiger partial charge in [-0.3, -0.25) is 14.9 Å². The average Bonchev–Trinajstić information content (AvgIpc) is 3.01. The zero-order chi connectivity index (χ0) is 25.9. The van der Waals surface area contributed by atoms with E-state index in [-0.39, 0.29) is 24.3 Å². The zero-order valence-corrected chi connectivity index (χ0v) is 20.2. The highest BCUT2D eigenvalue weighted by Gasteiger charge is 2.52. The Kier molecular flexibility index (Phi) is 7.04. The van der Waals surface area contributed by atoms with Gasteiger partial charge in [0.05, 0.1) is 39.6 Å². The second-order valence-electron chi connectivity index (χ2n) is 7.99. The van der Waals surface area contributed by atoms with Gasteiger partial charge < -0.3 is 19.3 Å². The number of methoxy groups -OCH3 is 2. The summed E-state index contributed by atoms with van der Waals surface area (Å²) < 4.78 is 16.4. The fourth-order valence-corrected chi connectivity index (χ4v) is 4.31. The van der Waals surface area contributed by atoms with Crippen molar-refractivity contribution in [3.63, 3.8) is 0 Å². The number of rotatable bonds is 8. The second kappa shape index (κ2) is 10.2. The maximum Gasteiger partial charge on any atom is 0.347 e. The van der Waals surface area contributed by atoms with Gasteiger partial charge in [0.15, 0.2) is 0 Å². The van der Waals surface area contributed by atoms with Crippen LogP contribution < -0.4 is 24.6 Å². The minimum Gasteiger partial charge on any atom is -0.481 e. The van der Waals surface area contributed by atoms with Crippen molar-refractivity contribution in [2.45, 2.75) is 18.6 Å². The van der Waals surface area contributed by atoms with E-state index in [9.17, 15) is 14.7 Å². The monoisotopic (exact) mass is 494 g/mol. The number of hydrogen-bond donors (Lipinski definition) is 2. The number of aliphatic carboxylic acids is 1. The third kappa shape index (κ3) is 4.41. The lowest BCUT2D eigenvalue weighted by Gasteiger charge is -2.39. The third-order valence-corrected chi connectivity index (χ3v) is 5.87. The largest absolute Gasteiger partial charge is 0.481 e. The van der Waals surface area contributed by atoms with Crippen LogP contribution in [0.2, 0.25) is 0 Å². The predicted octanol–water partition coefficient (Wildman–Crippen LogP) is 2.08. The minimum atomic E-state index is -1.64. The number of carbonyl (C=O) groups is 2. The van der Waals surface area contributed by atoms with Crippen LogP contribution >= 0.6 is 0 Å². The van der Waals surface area contributed by atoms with Gasteiger partial charge in [-0.1, -0.05) is 48.0 Å². The minimum absolute atomic E-state index is 0.126. The smallest absolute Gasteiger partial charge is 0.347 e. The van der Waals surface area contributed by atoms with Gasteiger partial charge >= 0.3 is 12.0 Å². The average molecular weight is 495 g/mol. The highest BCUT2D eigenvalue weighted by molar-refractivity contribution is 5.95. The number of hydrogen-bond acceptors (Lipinski definition) is 9. The molecule has 11 nitrogen and oxygen atoms in total. The Morgan fingerprint density at radius 1 is 1.06 bits per heavy atom. The number of hydroxylamine groups is 1. The summed E-state index contributed by atoms with van der Waals surface area (Å²) in [5.41, 5.74) is 0.703. The van der Waals surface area contributed by atoms with Crippen LogP contribution in [0.4, 0.5) is 5.69 Å². The van der Waals surface area contributed by atoms with E-state index < -0.39 is 23.5 Å². The lowest BCUT2D eigenvalue weighted by atomic mass is 9.76. The summed E-state index contributed by atoms with van der Waals surface area (Å²) in [6.07, 6.45) is -1.64. The normalized spacial score (nSPS) is 18.1. The van der Waals surface area contributed by atoms with Gasteiger partial charge in [-0.25, -0.2) is 4.79 Å². The predicted molar refractivity (Wildman–Crippen MR) is 128 cm³/mol. The van der Waals surface area contributed by atoms with E-state index in [0.29, 0.717) is 16.8 Å². The lowest BCUT2D eigenvalue weighted by molar-refractivity contribution is -0.149. The van der Waals surface area contributed by atoms with Crippen molar-refractivity contribution < 1.29 is 33.7 Å². The van der Waals surface area contributed by atoms with Crippen LogP contribution in [0.25, 0.3) is 0 Å². The molecular weight excluding hydrogens is 468 g/mol. The van der Waals surface area contributed by atoms with E-state index in [0.717, 1.165) is 10.6 Å². The maximum absolute atomic E-state index is 13.0. The summed E-state index contributed by atoms with van der Waals surface area (Å²) in [4.78, 5) is 39.6. The topological polar surface area (TPSA) is 132 Å². The number of carbonyl (C=O) groups excluding carboxylic acids is 1. The van der Waals surface area contributed by atoms with Crippen LogP contribution in [0.1, 0.15) is 16.7 Å². The highest BCUT2D eigenvalue weighted by atomic mass is 16.7. The van der Waals surface area contributed by atoms with Crippen LogP contribution in [0, 0.1) is 6.92 Å². The van der Waals surface area contributed by atoms with Crippen molar-refractivity contribution >= 4 is 17.6 Å². The summed E-state index contributed by atoms with van der Waals surface area (Å²) in [5.74, 6) is -1.48. The van der Waals surface area contributed by atoms with E-state index in [1.54, 1.807) is 30.3 Å². The number of carboxylic acids is 1. The van der Waals surface area contributed by atoms with Gasteiger partial charge in [-0.15, -0.1) is 0 Å². The maximum atomic E-state index is 13.0. The number of anilines is 1. The van der Waals surface area contributed by atoms with Crippen molar-refractivity contribution in [1.29, 1.82) is 0 Å². The number of nitrogens with zero attached hydrogens (tertiary/aromatic N) is 3. The highest BCUT2D eigenvalue weighted by Crippen LogP contribution is 2.42. The second-order valence-corrected chi connectivity index (χ2v) is 7.99. The van der Waals surface area contributed by atoms with Crippen molar-refractivity contribution in [2.75, 3.05) is 32.9 Å². The molecule has 0 bridgehead atoms. The Hall–Kier alpha value is -4.22. The lowest BCUT2D eigenvalue weighted by Crippen LogP contribution is -2.58. The Labute approximate surface area is 207 Å². The van der Waals surface area contributed by atoms with Gasteiger partial charge in [0.25, 0.3) is 5.91 Å². The first kappa shape index (κ1) is 24.9. The molecule has 2 N–H and O–H groups in total. The van der Waals surface area contributed by atoms with Crippen molar-refractivity contribution in [2.24, 2.45) is 0 Å². The first-order chi connectivity index (χ1) is 17.3. The fraction of sp³-hybridized carbons (Fsp3) is 0.280. The molecule has 11 heteroatoms. The summed E-state index contributed by atoms with van der Waals surface area (Å²) in [7, 11) is 4.18. The number of carboxylic acid groups (broad SMARTS) is 1. The quantitative estimate of drug-likeness (QED) is 0.480. The number of nitrogens with one attached hydrogen (secondary N) is 1. The molecule has 188 valence electrons. The van der Waals surface area contributed by atoms with Gasteiger partial charge in [0.1, 0.15) is 5.54 Å². The molecule has 0 radical (unpaired) electrons. The SMILES string of the molecule is COc1cc(OC)nc(O[C@H](C(=O)O)[C@@]2(c3cccc(C)c3)NCC(=O)N(OC)c3ccccc32)n1. The Bertz CT molecular complexity index is 1260. The number of ether oxygens (including phenoxy) is 3. The molecule has 1 aliphatic heterocycles. The summed E-state index contributed by atoms with van der Waals surface area (Å²) in [6, 6.07) is 15.4. The molecule has 36 heavy (non-hydrogen) atoms. The Balaban J connectivity index is 2.00. The van der Waals surface area contributed by atoms with E-state index in [1.165, 1.54) is 27.4 Å². The number of amides is 1. The fourth-order valence-electron chi connectivity index (χ4n) is 4.31. The molecule has 0 unspecified atom stereocenters. The first-order valence-electron chi connectivity index (χ1n) is 11.0. The van der Waals surface area contributed by atoms with Crippen molar-refractivity contribution in [1.82, 2.24) is 15.3 Å². The summed E-state index contributed by atoms with van der Waals surface area (Å²) in [6.45, 7) is 1.64. The van der Waals surface area contributed by atoms with Crippen LogP contribution in [-0.2, 0) is 20.0 Å². The standard InChI is InChI=1S/C25H26N4O7/c1-15-8-7-9-16(12-15)25(17-10-5-6-11-18(17)29(35-4)21(30)14-26-25)22(23(31)32)36-24-27-19(33-2)13-20(28-24)34-3/h5-13,22,26H,14H2,1-4H3,(H,31,32)/t22-,25+/m1/s1.